The van der Waals surface area contributed by atoms with Crippen molar-refractivity contribution in [3.8, 4) is 0 Å². The van der Waals surface area contributed by atoms with Gasteiger partial charge in [0.1, 0.15) is 0 Å². The van der Waals surface area contributed by atoms with Gasteiger partial charge >= 0.3 is 0 Å². The first-order valence-corrected chi connectivity index (χ1v) is 5.63. The number of hydrogen-bond acceptors (Lipinski definition) is 1. The average molecular weight is 204 g/mol. The number of aryl methyl sites for hydroxylation is 1. The van der Waals surface area contributed by atoms with E-state index in [0.717, 1.165) is 13.0 Å². The SMILES string of the molecule is CC1=CCN(C)C(Cc2cccn2C)C1. The van der Waals surface area contributed by atoms with Gasteiger partial charge in [-0.2, -0.15) is 0 Å². The van der Waals surface area contributed by atoms with Crippen molar-refractivity contribution < 1.29 is 0 Å². The first-order valence-electron chi connectivity index (χ1n) is 5.63. The molecule has 1 aliphatic heterocycles. The Bertz CT molecular complexity index is 362. The van der Waals surface area contributed by atoms with Crippen molar-refractivity contribution in [1.82, 2.24) is 9.47 Å². The maximum atomic E-state index is 2.44. The predicted molar refractivity (Wildman–Crippen MR) is 63.9 cm³/mol. The van der Waals surface area contributed by atoms with Gasteiger partial charge in [-0.25, -0.2) is 0 Å². The minimum absolute atomic E-state index is 0.670. The van der Waals surface area contributed by atoms with Crippen molar-refractivity contribution >= 4 is 0 Å². The molecule has 0 radical (unpaired) electrons. The first-order chi connectivity index (χ1) is 7.16. The van der Waals surface area contributed by atoms with Gasteiger partial charge in [-0.1, -0.05) is 11.6 Å². The molecule has 15 heavy (non-hydrogen) atoms. The standard InChI is InChI=1S/C13H20N2/c1-11-6-8-15(3)13(9-11)10-12-5-4-7-14(12)2/h4-7,13H,8-10H2,1-3H3. The van der Waals surface area contributed by atoms with Crippen LogP contribution in [-0.2, 0) is 13.5 Å². The minimum Gasteiger partial charge on any atom is -0.354 e. The summed E-state index contributed by atoms with van der Waals surface area (Å²) in [5, 5.41) is 0. The highest BCUT2D eigenvalue weighted by atomic mass is 15.1. The Balaban J connectivity index is 2.06. The van der Waals surface area contributed by atoms with Crippen molar-refractivity contribution in [1.29, 1.82) is 0 Å². The summed E-state index contributed by atoms with van der Waals surface area (Å²) in [6, 6.07) is 5.02. The van der Waals surface area contributed by atoms with Crippen molar-refractivity contribution in [2.75, 3.05) is 13.6 Å². The molecule has 1 aliphatic rings. The van der Waals surface area contributed by atoms with Gasteiger partial charge in [0, 0.05) is 37.9 Å². The lowest BCUT2D eigenvalue weighted by Crippen LogP contribution is -2.37. The van der Waals surface area contributed by atoms with E-state index in [0.29, 0.717) is 6.04 Å². The van der Waals surface area contributed by atoms with Crippen molar-refractivity contribution in [2.45, 2.75) is 25.8 Å². The summed E-state index contributed by atoms with van der Waals surface area (Å²) in [6.07, 6.45) is 6.83. The average Bonchev–Trinajstić information content (AvgIpc) is 2.58. The molecule has 2 nitrogen and oxygen atoms in total. The van der Waals surface area contributed by atoms with E-state index in [1.807, 2.05) is 0 Å². The molecule has 1 atom stereocenters. The zero-order valence-electron chi connectivity index (χ0n) is 9.90. The fourth-order valence-corrected chi connectivity index (χ4v) is 2.24. The van der Waals surface area contributed by atoms with Gasteiger partial charge in [0.2, 0.25) is 0 Å². The third-order valence-corrected chi connectivity index (χ3v) is 3.40. The molecule has 2 heteroatoms. The maximum absolute atomic E-state index is 2.44. The first kappa shape index (κ1) is 10.5. The Hall–Kier alpha value is -1.02. The van der Waals surface area contributed by atoms with E-state index in [-0.39, 0.29) is 0 Å². The van der Waals surface area contributed by atoms with E-state index in [1.54, 1.807) is 0 Å². The van der Waals surface area contributed by atoms with Crippen LogP contribution in [0.2, 0.25) is 0 Å². The smallest absolute Gasteiger partial charge is 0.0187 e. The van der Waals surface area contributed by atoms with Crippen LogP contribution in [0.1, 0.15) is 19.0 Å². The number of rotatable bonds is 2. The van der Waals surface area contributed by atoms with Gasteiger partial charge in [0.25, 0.3) is 0 Å². The largest absolute Gasteiger partial charge is 0.354 e. The third kappa shape index (κ3) is 2.32. The van der Waals surface area contributed by atoms with Gasteiger partial charge in [-0.3, -0.25) is 4.90 Å². The second kappa shape index (κ2) is 4.23. The fourth-order valence-electron chi connectivity index (χ4n) is 2.24. The monoisotopic (exact) mass is 204 g/mol. The summed E-state index contributed by atoms with van der Waals surface area (Å²) in [6.45, 7) is 3.34. The molecule has 1 aromatic heterocycles. The summed E-state index contributed by atoms with van der Waals surface area (Å²) < 4.78 is 2.22. The molecule has 1 aromatic rings. The highest BCUT2D eigenvalue weighted by Gasteiger charge is 2.19. The van der Waals surface area contributed by atoms with Gasteiger partial charge in [0.15, 0.2) is 0 Å². The van der Waals surface area contributed by atoms with Crippen molar-refractivity contribution in [3.63, 3.8) is 0 Å². The van der Waals surface area contributed by atoms with Crippen molar-refractivity contribution in [3.05, 3.63) is 35.7 Å². The Morgan fingerprint density at radius 1 is 1.40 bits per heavy atom. The van der Waals surface area contributed by atoms with E-state index in [9.17, 15) is 0 Å². The summed E-state index contributed by atoms with van der Waals surface area (Å²) in [5.74, 6) is 0. The maximum Gasteiger partial charge on any atom is 0.0187 e. The zero-order chi connectivity index (χ0) is 10.8. The fraction of sp³-hybridized carbons (Fsp3) is 0.538. The van der Waals surface area contributed by atoms with E-state index < -0.39 is 0 Å². The van der Waals surface area contributed by atoms with E-state index in [2.05, 4.69) is 54.9 Å². The number of aromatic nitrogens is 1. The summed E-state index contributed by atoms with van der Waals surface area (Å²) in [5.41, 5.74) is 2.97. The van der Waals surface area contributed by atoms with E-state index in [1.165, 1.54) is 17.7 Å². The van der Waals surface area contributed by atoms with Crippen LogP contribution < -0.4 is 0 Å². The lowest BCUT2D eigenvalue weighted by molar-refractivity contribution is 0.246. The van der Waals surface area contributed by atoms with Crippen LogP contribution in [0.5, 0.6) is 0 Å². The lowest BCUT2D eigenvalue weighted by atomic mass is 9.98. The number of nitrogens with zero attached hydrogens (tertiary/aromatic N) is 2. The molecule has 0 spiro atoms. The zero-order valence-corrected chi connectivity index (χ0v) is 9.90. The van der Waals surface area contributed by atoms with Gasteiger partial charge in [-0.05, 0) is 32.5 Å². The quantitative estimate of drug-likeness (QED) is 0.671. The van der Waals surface area contributed by atoms with Crippen LogP contribution in [0.25, 0.3) is 0 Å². The predicted octanol–water partition coefficient (Wildman–Crippen LogP) is 2.22. The molecule has 0 aromatic carbocycles. The van der Waals surface area contributed by atoms with Crippen LogP contribution in [0.3, 0.4) is 0 Å². The molecule has 0 amide bonds. The molecule has 2 heterocycles. The Kier molecular flexibility index (Phi) is 2.96. The molecule has 0 N–H and O–H groups in total. The molecule has 0 saturated carbocycles. The Morgan fingerprint density at radius 2 is 2.20 bits per heavy atom. The molecular formula is C13H20N2. The topological polar surface area (TPSA) is 8.17 Å². The highest BCUT2D eigenvalue weighted by Crippen LogP contribution is 2.19. The lowest BCUT2D eigenvalue weighted by Gasteiger charge is -2.31. The van der Waals surface area contributed by atoms with Crippen LogP contribution in [0.4, 0.5) is 0 Å². The number of likely N-dealkylation sites (N-methyl/N-ethyl adjacent to an activating group) is 1. The molecule has 2 rings (SSSR count). The van der Waals surface area contributed by atoms with Crippen molar-refractivity contribution in [2.24, 2.45) is 7.05 Å². The molecular weight excluding hydrogens is 184 g/mol. The minimum atomic E-state index is 0.670. The van der Waals surface area contributed by atoms with Crippen LogP contribution in [0.15, 0.2) is 30.0 Å². The second-order valence-electron chi connectivity index (χ2n) is 4.66. The molecule has 1 unspecified atom stereocenters. The normalized spacial score (nSPS) is 22.9. The van der Waals surface area contributed by atoms with Gasteiger partial charge in [-0.15, -0.1) is 0 Å². The molecule has 82 valence electrons. The van der Waals surface area contributed by atoms with Gasteiger partial charge in [0.05, 0.1) is 0 Å². The van der Waals surface area contributed by atoms with Gasteiger partial charge < -0.3 is 4.57 Å². The van der Waals surface area contributed by atoms with Crippen LogP contribution in [0, 0.1) is 0 Å². The highest BCUT2D eigenvalue weighted by molar-refractivity contribution is 5.13. The summed E-state index contributed by atoms with van der Waals surface area (Å²) in [7, 11) is 4.34. The summed E-state index contributed by atoms with van der Waals surface area (Å²) >= 11 is 0. The van der Waals surface area contributed by atoms with E-state index >= 15 is 0 Å². The van der Waals surface area contributed by atoms with E-state index in [4.69, 9.17) is 0 Å². The number of hydrogen-bond donors (Lipinski definition) is 0. The molecule has 0 saturated heterocycles. The van der Waals surface area contributed by atoms with Crippen LogP contribution in [-0.4, -0.2) is 29.1 Å². The van der Waals surface area contributed by atoms with Crippen LogP contribution >= 0.6 is 0 Å². The molecule has 0 bridgehead atoms. The Morgan fingerprint density at radius 3 is 2.87 bits per heavy atom. The molecule has 0 fully saturated rings. The Labute approximate surface area is 92.2 Å². The molecule has 0 aliphatic carbocycles. The third-order valence-electron chi connectivity index (χ3n) is 3.40. The summed E-state index contributed by atoms with van der Waals surface area (Å²) in [4.78, 5) is 2.44. The second-order valence-corrected chi connectivity index (χ2v) is 4.66.